The Morgan fingerprint density at radius 1 is 1.00 bits per heavy atom. The molecule has 0 aromatic heterocycles. The van der Waals surface area contributed by atoms with Crippen molar-refractivity contribution in [3.05, 3.63) is 0 Å². The number of carboxylic acids is 1. The van der Waals surface area contributed by atoms with E-state index in [9.17, 15) is 4.79 Å². The monoisotopic (exact) mass is 254 g/mol. The Hall–Kier alpha value is -0.753. The number of aliphatic carboxylic acids is 1. The second-order valence-corrected chi connectivity index (χ2v) is 11.4. The Labute approximate surface area is 107 Å². The van der Waals surface area contributed by atoms with Gasteiger partial charge in [-0.2, -0.15) is 0 Å². The van der Waals surface area contributed by atoms with Crippen LogP contribution >= 0.6 is 0 Å². The molecule has 0 radical (unpaired) electrons. The summed E-state index contributed by atoms with van der Waals surface area (Å²) in [6, 6.07) is 1.44. The van der Waals surface area contributed by atoms with Gasteiger partial charge < -0.3 is 5.11 Å². The lowest BCUT2D eigenvalue weighted by Crippen LogP contribution is -2.18. The minimum absolute atomic E-state index is 0.723. The number of carbonyl (C=O) groups is 1. The minimum atomic E-state index is -1.02. The topological polar surface area (TPSA) is 37.3 Å². The number of unbranched alkanes of at least 4 members (excludes halogenated alkanes) is 6. The highest BCUT2D eigenvalue weighted by atomic mass is 28.3. The molecule has 1 N–H and O–H groups in total. The van der Waals surface area contributed by atoms with Crippen LogP contribution in [0.3, 0.4) is 0 Å². The van der Waals surface area contributed by atoms with Crippen molar-refractivity contribution in [2.45, 2.75) is 70.6 Å². The third-order valence-electron chi connectivity index (χ3n) is 2.67. The van der Waals surface area contributed by atoms with Crippen molar-refractivity contribution in [1.82, 2.24) is 0 Å². The lowest BCUT2D eigenvalue weighted by atomic mass is 10.1. The lowest BCUT2D eigenvalue weighted by Gasteiger charge is -2.14. The van der Waals surface area contributed by atoms with E-state index in [1.807, 2.05) is 0 Å². The number of rotatable bonds is 8. The van der Waals surface area contributed by atoms with Crippen molar-refractivity contribution in [2.75, 3.05) is 0 Å². The molecule has 0 atom stereocenters. The number of hydrogen-bond acceptors (Lipinski definition) is 1. The van der Waals surface area contributed by atoms with E-state index in [4.69, 9.17) is 5.11 Å². The van der Waals surface area contributed by atoms with E-state index in [-0.39, 0.29) is 0 Å². The fourth-order valence-electron chi connectivity index (χ4n) is 1.71. The highest BCUT2D eigenvalue weighted by Crippen LogP contribution is 2.15. The first-order valence-electron chi connectivity index (χ1n) is 6.63. The normalized spacial score (nSPS) is 10.8. The molecule has 0 amide bonds. The number of carboxylic acid groups (broad SMARTS) is 1. The zero-order chi connectivity index (χ0) is 13.1. The van der Waals surface area contributed by atoms with Gasteiger partial charge in [0.25, 0.3) is 0 Å². The standard InChI is InChI=1S/C14H26O2Si/c1-17(2,3)13-11-9-7-5-4-6-8-10-12-14(15)16/h4-9,11,13H2,1-3H3,(H,15,16). The van der Waals surface area contributed by atoms with E-state index in [1.54, 1.807) is 0 Å². The molecule has 2 nitrogen and oxygen atoms in total. The van der Waals surface area contributed by atoms with Crippen molar-refractivity contribution in [3.63, 3.8) is 0 Å². The molecule has 98 valence electrons. The fraction of sp³-hybridized carbons (Fsp3) is 0.786. The highest BCUT2D eigenvalue weighted by molar-refractivity contribution is 6.76. The summed E-state index contributed by atoms with van der Waals surface area (Å²) in [7, 11) is -0.828. The molecule has 3 heteroatoms. The van der Waals surface area contributed by atoms with Gasteiger partial charge in [-0.05, 0) is 6.42 Å². The molecule has 0 saturated heterocycles. The predicted octanol–water partition coefficient (Wildman–Crippen LogP) is 4.14. The van der Waals surface area contributed by atoms with Crippen molar-refractivity contribution >= 4 is 14.0 Å². The van der Waals surface area contributed by atoms with Crippen LogP contribution in [0.25, 0.3) is 0 Å². The average Bonchev–Trinajstić information content (AvgIpc) is 2.18. The quantitative estimate of drug-likeness (QED) is 0.401. The van der Waals surface area contributed by atoms with Crippen LogP contribution < -0.4 is 0 Å². The van der Waals surface area contributed by atoms with Crippen molar-refractivity contribution in [3.8, 4) is 11.8 Å². The summed E-state index contributed by atoms with van der Waals surface area (Å²) in [4.78, 5) is 10.1. The summed E-state index contributed by atoms with van der Waals surface area (Å²) in [5.74, 6) is 3.79. The van der Waals surface area contributed by atoms with E-state index in [0.717, 1.165) is 12.8 Å². The molecule has 0 fully saturated rings. The fourth-order valence-corrected chi connectivity index (χ4v) is 3.02. The van der Waals surface area contributed by atoms with Crippen LogP contribution in [-0.4, -0.2) is 19.1 Å². The van der Waals surface area contributed by atoms with Gasteiger partial charge in [0.1, 0.15) is 0 Å². The van der Waals surface area contributed by atoms with E-state index >= 15 is 0 Å². The third kappa shape index (κ3) is 15.2. The molecule has 0 saturated carbocycles. The molecular formula is C14H26O2Si. The SMILES string of the molecule is C[Si](C)(C)CCCCCCCCC#CC(=O)O. The Morgan fingerprint density at radius 3 is 2.06 bits per heavy atom. The van der Waals surface area contributed by atoms with Gasteiger partial charge in [-0.3, -0.25) is 0 Å². The van der Waals surface area contributed by atoms with Crippen LogP contribution in [0.5, 0.6) is 0 Å². The highest BCUT2D eigenvalue weighted by Gasteiger charge is 2.11. The zero-order valence-electron chi connectivity index (χ0n) is 11.5. The Kier molecular flexibility index (Phi) is 8.88. The first kappa shape index (κ1) is 16.2. The minimum Gasteiger partial charge on any atom is -0.472 e. The molecule has 0 rings (SSSR count). The maximum Gasteiger partial charge on any atom is 0.381 e. The molecular weight excluding hydrogens is 228 g/mol. The van der Waals surface area contributed by atoms with Crippen molar-refractivity contribution < 1.29 is 9.90 Å². The summed E-state index contributed by atoms with van der Waals surface area (Å²) < 4.78 is 0. The summed E-state index contributed by atoms with van der Waals surface area (Å²) >= 11 is 0. The van der Waals surface area contributed by atoms with Gasteiger partial charge in [-0.25, -0.2) is 4.79 Å². The largest absolute Gasteiger partial charge is 0.472 e. The molecule has 0 unspecified atom stereocenters. The molecule has 0 aromatic rings. The summed E-state index contributed by atoms with van der Waals surface area (Å²) in [5.41, 5.74) is 0. The van der Waals surface area contributed by atoms with Gasteiger partial charge in [-0.1, -0.05) is 63.7 Å². The summed E-state index contributed by atoms with van der Waals surface area (Å²) in [5, 5.41) is 8.31. The predicted molar refractivity (Wildman–Crippen MR) is 75.9 cm³/mol. The smallest absolute Gasteiger partial charge is 0.381 e. The van der Waals surface area contributed by atoms with Gasteiger partial charge >= 0.3 is 5.97 Å². The molecule has 0 bridgehead atoms. The first-order valence-corrected chi connectivity index (χ1v) is 10.3. The van der Waals surface area contributed by atoms with E-state index in [0.29, 0.717) is 0 Å². The number of hydrogen-bond donors (Lipinski definition) is 1. The lowest BCUT2D eigenvalue weighted by molar-refractivity contribution is -0.130. The van der Waals surface area contributed by atoms with Crippen molar-refractivity contribution in [2.24, 2.45) is 0 Å². The van der Waals surface area contributed by atoms with Crippen LogP contribution in [-0.2, 0) is 4.79 Å². The molecule has 0 heterocycles. The summed E-state index contributed by atoms with van der Waals surface area (Å²) in [6.07, 6.45) is 8.26. The molecule has 0 aliphatic rings. The zero-order valence-corrected chi connectivity index (χ0v) is 12.5. The average molecular weight is 254 g/mol. The Balaban J connectivity index is 3.20. The van der Waals surface area contributed by atoms with Crippen LogP contribution in [0.2, 0.25) is 25.7 Å². The van der Waals surface area contributed by atoms with Crippen LogP contribution in [0.4, 0.5) is 0 Å². The Bertz CT molecular complexity index is 268. The van der Waals surface area contributed by atoms with Gasteiger partial charge in [0, 0.05) is 20.4 Å². The maximum absolute atomic E-state index is 10.1. The van der Waals surface area contributed by atoms with E-state index < -0.39 is 14.0 Å². The molecule has 17 heavy (non-hydrogen) atoms. The second kappa shape index (κ2) is 9.29. The van der Waals surface area contributed by atoms with E-state index in [1.165, 1.54) is 38.1 Å². The third-order valence-corrected chi connectivity index (χ3v) is 4.53. The first-order chi connectivity index (χ1) is 7.92. The van der Waals surface area contributed by atoms with Gasteiger partial charge in [0.05, 0.1) is 0 Å². The second-order valence-electron chi connectivity index (χ2n) is 5.79. The molecule has 0 aliphatic carbocycles. The van der Waals surface area contributed by atoms with Crippen molar-refractivity contribution in [1.29, 1.82) is 0 Å². The van der Waals surface area contributed by atoms with Gasteiger partial charge in [-0.15, -0.1) is 0 Å². The van der Waals surface area contributed by atoms with E-state index in [2.05, 4.69) is 31.5 Å². The van der Waals surface area contributed by atoms with Crippen LogP contribution in [0.15, 0.2) is 0 Å². The van der Waals surface area contributed by atoms with Crippen LogP contribution in [0.1, 0.15) is 44.9 Å². The maximum atomic E-state index is 10.1. The van der Waals surface area contributed by atoms with Gasteiger partial charge in [0.15, 0.2) is 0 Å². The molecule has 0 aliphatic heterocycles. The Morgan fingerprint density at radius 2 is 1.53 bits per heavy atom. The van der Waals surface area contributed by atoms with Crippen LogP contribution in [0, 0.1) is 11.8 Å². The molecule has 0 spiro atoms. The summed E-state index contributed by atoms with van der Waals surface area (Å²) in [6.45, 7) is 7.27. The molecule has 0 aromatic carbocycles. The van der Waals surface area contributed by atoms with Gasteiger partial charge in [0.2, 0.25) is 0 Å².